The standard InChI is InChI=1S/C7H9BrN2/c1-5(9)7-6(8)3-2-4-10-7/h2-5H,9H2,1H3. The summed E-state index contributed by atoms with van der Waals surface area (Å²) in [7, 11) is 0. The summed E-state index contributed by atoms with van der Waals surface area (Å²) in [6.45, 7) is 1.91. The molecule has 0 amide bonds. The molecule has 3 heteroatoms. The molecule has 0 aliphatic heterocycles. The van der Waals surface area contributed by atoms with Gasteiger partial charge < -0.3 is 5.73 Å². The van der Waals surface area contributed by atoms with Crippen molar-refractivity contribution in [1.29, 1.82) is 0 Å². The quantitative estimate of drug-likeness (QED) is 0.753. The summed E-state index contributed by atoms with van der Waals surface area (Å²) in [6, 6.07) is 3.80. The van der Waals surface area contributed by atoms with E-state index in [0.29, 0.717) is 0 Å². The van der Waals surface area contributed by atoms with Gasteiger partial charge in [-0.3, -0.25) is 4.98 Å². The SMILES string of the molecule is CC(N)c1ncccc1Br. The minimum absolute atomic E-state index is 0.00410. The van der Waals surface area contributed by atoms with Crippen LogP contribution in [0.3, 0.4) is 0 Å². The number of rotatable bonds is 1. The molecule has 1 rings (SSSR count). The number of hydrogen-bond donors (Lipinski definition) is 1. The number of pyridine rings is 1. The summed E-state index contributed by atoms with van der Waals surface area (Å²) in [4.78, 5) is 4.11. The first-order chi connectivity index (χ1) is 4.72. The third kappa shape index (κ3) is 1.55. The summed E-state index contributed by atoms with van der Waals surface area (Å²) < 4.78 is 0.977. The summed E-state index contributed by atoms with van der Waals surface area (Å²) in [5.74, 6) is 0. The minimum Gasteiger partial charge on any atom is -0.323 e. The summed E-state index contributed by atoms with van der Waals surface area (Å²) in [5.41, 5.74) is 6.53. The Kier molecular flexibility index (Phi) is 2.40. The van der Waals surface area contributed by atoms with Gasteiger partial charge in [0.2, 0.25) is 0 Å². The molecule has 1 unspecified atom stereocenters. The zero-order valence-electron chi connectivity index (χ0n) is 5.71. The molecule has 0 fully saturated rings. The highest BCUT2D eigenvalue weighted by atomic mass is 79.9. The minimum atomic E-state index is -0.00410. The predicted octanol–water partition coefficient (Wildman–Crippen LogP) is 1.86. The van der Waals surface area contributed by atoms with Crippen LogP contribution >= 0.6 is 15.9 Å². The summed E-state index contributed by atoms with van der Waals surface area (Å²) in [5, 5.41) is 0. The van der Waals surface area contributed by atoms with Gasteiger partial charge in [0.05, 0.1) is 5.69 Å². The number of hydrogen-bond acceptors (Lipinski definition) is 2. The van der Waals surface area contributed by atoms with Gasteiger partial charge in [-0.05, 0) is 35.0 Å². The summed E-state index contributed by atoms with van der Waals surface area (Å²) >= 11 is 3.35. The van der Waals surface area contributed by atoms with E-state index in [1.165, 1.54) is 0 Å². The van der Waals surface area contributed by atoms with Crippen molar-refractivity contribution in [2.75, 3.05) is 0 Å². The Hall–Kier alpha value is -0.410. The molecule has 0 spiro atoms. The van der Waals surface area contributed by atoms with E-state index in [1.54, 1.807) is 6.20 Å². The van der Waals surface area contributed by atoms with Crippen molar-refractivity contribution in [1.82, 2.24) is 4.98 Å². The van der Waals surface area contributed by atoms with Crippen LogP contribution in [0.15, 0.2) is 22.8 Å². The van der Waals surface area contributed by atoms with E-state index in [4.69, 9.17) is 5.73 Å². The predicted molar refractivity (Wildman–Crippen MR) is 44.5 cm³/mol. The maximum absolute atomic E-state index is 5.62. The Labute approximate surface area is 68.6 Å². The molecule has 2 N–H and O–H groups in total. The van der Waals surface area contributed by atoms with Gasteiger partial charge in [-0.25, -0.2) is 0 Å². The van der Waals surface area contributed by atoms with Crippen molar-refractivity contribution >= 4 is 15.9 Å². The second kappa shape index (κ2) is 3.12. The number of aromatic nitrogens is 1. The van der Waals surface area contributed by atoms with Gasteiger partial charge in [0, 0.05) is 16.7 Å². The Morgan fingerprint density at radius 3 is 2.80 bits per heavy atom. The first-order valence-electron chi connectivity index (χ1n) is 3.08. The Balaban J connectivity index is 3.03. The molecular weight excluding hydrogens is 192 g/mol. The van der Waals surface area contributed by atoms with E-state index in [1.807, 2.05) is 19.1 Å². The molecule has 0 aliphatic rings. The van der Waals surface area contributed by atoms with Crippen molar-refractivity contribution in [2.24, 2.45) is 5.73 Å². The number of nitrogens with zero attached hydrogens (tertiary/aromatic N) is 1. The molecule has 10 heavy (non-hydrogen) atoms. The number of halogens is 1. The van der Waals surface area contributed by atoms with E-state index in [9.17, 15) is 0 Å². The Morgan fingerprint density at radius 2 is 2.40 bits per heavy atom. The largest absolute Gasteiger partial charge is 0.323 e. The number of nitrogens with two attached hydrogens (primary N) is 1. The van der Waals surface area contributed by atoms with Crippen molar-refractivity contribution in [3.63, 3.8) is 0 Å². The Bertz CT molecular complexity index is 223. The molecule has 0 bridgehead atoms. The lowest BCUT2D eigenvalue weighted by Crippen LogP contribution is -2.07. The second-order valence-electron chi connectivity index (χ2n) is 2.16. The normalized spacial score (nSPS) is 13.1. The van der Waals surface area contributed by atoms with Gasteiger partial charge in [0.15, 0.2) is 0 Å². The summed E-state index contributed by atoms with van der Waals surface area (Å²) in [6.07, 6.45) is 1.74. The molecule has 1 aromatic heterocycles. The van der Waals surface area contributed by atoms with Crippen LogP contribution in [0, 0.1) is 0 Å². The highest BCUT2D eigenvalue weighted by Gasteiger charge is 2.03. The molecule has 0 aromatic carbocycles. The smallest absolute Gasteiger partial charge is 0.0709 e. The van der Waals surface area contributed by atoms with Gasteiger partial charge in [0.1, 0.15) is 0 Å². The fraction of sp³-hybridized carbons (Fsp3) is 0.286. The first-order valence-corrected chi connectivity index (χ1v) is 3.87. The highest BCUT2D eigenvalue weighted by molar-refractivity contribution is 9.10. The third-order valence-electron chi connectivity index (χ3n) is 1.22. The van der Waals surface area contributed by atoms with Crippen molar-refractivity contribution < 1.29 is 0 Å². The molecule has 0 saturated carbocycles. The zero-order valence-corrected chi connectivity index (χ0v) is 7.30. The average molecular weight is 201 g/mol. The highest BCUT2D eigenvalue weighted by Crippen LogP contribution is 2.17. The molecule has 1 heterocycles. The first kappa shape index (κ1) is 7.69. The molecule has 0 radical (unpaired) electrons. The lowest BCUT2D eigenvalue weighted by atomic mass is 10.2. The van der Waals surface area contributed by atoms with E-state index in [2.05, 4.69) is 20.9 Å². The molecule has 1 atom stereocenters. The van der Waals surface area contributed by atoms with Crippen LogP contribution in [0.5, 0.6) is 0 Å². The lowest BCUT2D eigenvalue weighted by molar-refractivity contribution is 0.775. The lowest BCUT2D eigenvalue weighted by Gasteiger charge is -2.04. The Morgan fingerprint density at radius 1 is 1.70 bits per heavy atom. The maximum Gasteiger partial charge on any atom is 0.0709 e. The van der Waals surface area contributed by atoms with Gasteiger partial charge >= 0.3 is 0 Å². The average Bonchev–Trinajstić information content (AvgIpc) is 1.88. The van der Waals surface area contributed by atoms with Crippen LogP contribution < -0.4 is 5.73 Å². The van der Waals surface area contributed by atoms with Crippen LogP contribution in [-0.4, -0.2) is 4.98 Å². The van der Waals surface area contributed by atoms with Crippen LogP contribution in [0.4, 0.5) is 0 Å². The van der Waals surface area contributed by atoms with Gasteiger partial charge in [-0.2, -0.15) is 0 Å². The van der Waals surface area contributed by atoms with Crippen molar-refractivity contribution in [3.05, 3.63) is 28.5 Å². The van der Waals surface area contributed by atoms with Gasteiger partial charge in [0.25, 0.3) is 0 Å². The van der Waals surface area contributed by atoms with E-state index < -0.39 is 0 Å². The topological polar surface area (TPSA) is 38.9 Å². The fourth-order valence-corrected chi connectivity index (χ4v) is 1.35. The molecular formula is C7H9BrN2. The molecule has 54 valence electrons. The van der Waals surface area contributed by atoms with Crippen LogP contribution in [0.25, 0.3) is 0 Å². The monoisotopic (exact) mass is 200 g/mol. The van der Waals surface area contributed by atoms with E-state index in [-0.39, 0.29) is 6.04 Å². The maximum atomic E-state index is 5.62. The van der Waals surface area contributed by atoms with Gasteiger partial charge in [-0.15, -0.1) is 0 Å². The van der Waals surface area contributed by atoms with Crippen LogP contribution in [-0.2, 0) is 0 Å². The molecule has 1 aromatic rings. The fourth-order valence-electron chi connectivity index (χ4n) is 0.733. The van der Waals surface area contributed by atoms with E-state index in [0.717, 1.165) is 10.2 Å². The van der Waals surface area contributed by atoms with E-state index >= 15 is 0 Å². The van der Waals surface area contributed by atoms with Crippen molar-refractivity contribution in [2.45, 2.75) is 13.0 Å². The van der Waals surface area contributed by atoms with Crippen LogP contribution in [0.1, 0.15) is 18.7 Å². The zero-order chi connectivity index (χ0) is 7.56. The molecule has 2 nitrogen and oxygen atoms in total. The van der Waals surface area contributed by atoms with Crippen LogP contribution in [0.2, 0.25) is 0 Å². The third-order valence-corrected chi connectivity index (χ3v) is 1.89. The molecule has 0 saturated heterocycles. The second-order valence-corrected chi connectivity index (χ2v) is 3.01. The van der Waals surface area contributed by atoms with Gasteiger partial charge in [-0.1, -0.05) is 0 Å². The van der Waals surface area contributed by atoms with Crippen molar-refractivity contribution in [3.8, 4) is 0 Å². The molecule has 0 aliphatic carbocycles.